The second-order valence-electron chi connectivity index (χ2n) is 7.31. The van der Waals surface area contributed by atoms with Gasteiger partial charge in [0.25, 0.3) is 0 Å². The number of carbonyl (C=O) groups excluding carboxylic acids is 1. The van der Waals surface area contributed by atoms with Crippen LogP contribution < -0.4 is 0 Å². The van der Waals surface area contributed by atoms with E-state index in [9.17, 15) is 4.79 Å². The second kappa shape index (κ2) is 7.20. The molecule has 0 bridgehead atoms. The first-order valence-electron chi connectivity index (χ1n) is 9.30. The minimum absolute atomic E-state index is 0.306. The van der Waals surface area contributed by atoms with Crippen LogP contribution >= 0.6 is 11.6 Å². The number of hydrogen-bond donors (Lipinski definition) is 1. The smallest absolute Gasteiger partial charge is 0.223 e. The van der Waals surface area contributed by atoms with Crippen LogP contribution in [0.15, 0.2) is 24.3 Å². The fraction of sp³-hybridized carbons (Fsp3) is 0.500. The van der Waals surface area contributed by atoms with Gasteiger partial charge in [-0.15, -0.1) is 0 Å². The number of halogens is 1. The first kappa shape index (κ1) is 16.6. The average Bonchev–Trinajstić information content (AvgIpc) is 3.06. The molecule has 1 aromatic carbocycles. The van der Waals surface area contributed by atoms with Crippen molar-refractivity contribution >= 4 is 17.5 Å². The normalized spacial score (nSPS) is 18.2. The molecule has 2 heterocycles. The van der Waals surface area contributed by atoms with Crippen LogP contribution in [0.5, 0.6) is 0 Å². The molecule has 25 heavy (non-hydrogen) atoms. The Labute approximate surface area is 153 Å². The van der Waals surface area contributed by atoms with Crippen LogP contribution in [0.4, 0.5) is 0 Å². The highest BCUT2D eigenvalue weighted by Crippen LogP contribution is 2.31. The van der Waals surface area contributed by atoms with Crippen molar-refractivity contribution in [2.45, 2.75) is 51.5 Å². The van der Waals surface area contributed by atoms with Crippen molar-refractivity contribution in [3.05, 3.63) is 40.5 Å². The van der Waals surface area contributed by atoms with Crippen molar-refractivity contribution in [1.29, 1.82) is 0 Å². The van der Waals surface area contributed by atoms with E-state index in [1.54, 1.807) is 0 Å². The van der Waals surface area contributed by atoms with Gasteiger partial charge in [-0.25, -0.2) is 0 Å². The van der Waals surface area contributed by atoms with E-state index in [0.29, 0.717) is 24.8 Å². The van der Waals surface area contributed by atoms with Crippen molar-refractivity contribution in [1.82, 2.24) is 15.1 Å². The highest BCUT2D eigenvalue weighted by molar-refractivity contribution is 6.30. The number of H-pyrrole nitrogens is 1. The molecule has 0 unspecified atom stereocenters. The summed E-state index contributed by atoms with van der Waals surface area (Å²) in [5, 5.41) is 8.38. The Kier molecular flexibility index (Phi) is 4.80. The van der Waals surface area contributed by atoms with E-state index in [1.807, 2.05) is 29.2 Å². The summed E-state index contributed by atoms with van der Waals surface area (Å²) in [6.07, 6.45) is 7.89. The predicted molar refractivity (Wildman–Crippen MR) is 99.3 cm³/mol. The maximum atomic E-state index is 12.8. The summed E-state index contributed by atoms with van der Waals surface area (Å²) < 4.78 is 0. The fourth-order valence-corrected chi connectivity index (χ4v) is 4.25. The van der Waals surface area contributed by atoms with Crippen LogP contribution in [0.25, 0.3) is 11.3 Å². The van der Waals surface area contributed by atoms with Crippen LogP contribution in [-0.2, 0) is 17.8 Å². The largest absolute Gasteiger partial charge is 0.338 e. The summed E-state index contributed by atoms with van der Waals surface area (Å²) in [6.45, 7) is 1.45. The zero-order valence-electron chi connectivity index (χ0n) is 14.4. The molecule has 4 nitrogen and oxygen atoms in total. The monoisotopic (exact) mass is 357 g/mol. The highest BCUT2D eigenvalue weighted by atomic mass is 35.5. The van der Waals surface area contributed by atoms with E-state index in [0.717, 1.165) is 40.5 Å². The first-order chi connectivity index (χ1) is 12.2. The van der Waals surface area contributed by atoms with E-state index >= 15 is 0 Å². The van der Waals surface area contributed by atoms with Crippen molar-refractivity contribution in [3.8, 4) is 11.3 Å². The zero-order chi connectivity index (χ0) is 17.2. The van der Waals surface area contributed by atoms with Gasteiger partial charge in [-0.2, -0.15) is 5.10 Å². The maximum absolute atomic E-state index is 12.8. The highest BCUT2D eigenvalue weighted by Gasteiger charge is 2.27. The summed E-state index contributed by atoms with van der Waals surface area (Å²) in [6, 6.07) is 7.74. The van der Waals surface area contributed by atoms with Gasteiger partial charge in [0.15, 0.2) is 0 Å². The first-order valence-corrected chi connectivity index (χ1v) is 9.68. The SMILES string of the molecule is O=C(CC1CCCCC1)N1CCc2[nH]nc(-c3ccc(Cl)cc3)c2C1. The number of benzene rings is 1. The summed E-state index contributed by atoms with van der Waals surface area (Å²) in [4.78, 5) is 14.8. The van der Waals surface area contributed by atoms with Crippen molar-refractivity contribution in [2.24, 2.45) is 5.92 Å². The molecule has 1 aliphatic carbocycles. The number of rotatable bonds is 3. The summed E-state index contributed by atoms with van der Waals surface area (Å²) >= 11 is 5.99. The summed E-state index contributed by atoms with van der Waals surface area (Å²) in [5.74, 6) is 0.892. The van der Waals surface area contributed by atoms with Crippen LogP contribution in [0.3, 0.4) is 0 Å². The van der Waals surface area contributed by atoms with Crippen molar-refractivity contribution in [2.75, 3.05) is 6.54 Å². The third kappa shape index (κ3) is 3.59. The molecular weight excluding hydrogens is 334 g/mol. The Hall–Kier alpha value is -1.81. The third-order valence-corrected chi connectivity index (χ3v) is 5.84. The third-order valence-electron chi connectivity index (χ3n) is 5.59. The molecule has 4 rings (SSSR count). The van der Waals surface area contributed by atoms with Gasteiger partial charge in [-0.1, -0.05) is 43.0 Å². The van der Waals surface area contributed by atoms with Crippen LogP contribution in [0.2, 0.25) is 5.02 Å². The Morgan fingerprint density at radius 3 is 2.72 bits per heavy atom. The lowest BCUT2D eigenvalue weighted by atomic mass is 9.86. The van der Waals surface area contributed by atoms with Crippen LogP contribution in [-0.4, -0.2) is 27.5 Å². The van der Waals surface area contributed by atoms with Gasteiger partial charge in [-0.05, 0) is 30.9 Å². The van der Waals surface area contributed by atoms with Gasteiger partial charge in [0.05, 0.1) is 5.69 Å². The van der Waals surface area contributed by atoms with Gasteiger partial charge in [0.2, 0.25) is 5.91 Å². The summed E-state index contributed by atoms with van der Waals surface area (Å²) in [7, 11) is 0. The molecule has 1 aliphatic heterocycles. The van der Waals surface area contributed by atoms with Gasteiger partial charge >= 0.3 is 0 Å². The van der Waals surface area contributed by atoms with E-state index in [2.05, 4.69) is 10.2 Å². The average molecular weight is 358 g/mol. The molecule has 1 saturated carbocycles. The minimum atomic E-state index is 0.306. The lowest BCUT2D eigenvalue weighted by Gasteiger charge is -2.30. The number of carbonyl (C=O) groups is 1. The lowest BCUT2D eigenvalue weighted by molar-refractivity contribution is -0.133. The number of nitrogens with one attached hydrogen (secondary N) is 1. The Bertz CT molecular complexity index is 747. The molecule has 2 aliphatic rings. The number of hydrogen-bond acceptors (Lipinski definition) is 2. The molecule has 0 spiro atoms. The molecule has 1 amide bonds. The predicted octanol–water partition coefficient (Wildman–Crippen LogP) is 4.59. The number of amides is 1. The number of aromatic amines is 1. The quantitative estimate of drug-likeness (QED) is 0.873. The van der Waals surface area contributed by atoms with E-state index in [1.165, 1.54) is 32.1 Å². The molecule has 1 N–H and O–H groups in total. The van der Waals surface area contributed by atoms with Crippen molar-refractivity contribution in [3.63, 3.8) is 0 Å². The standard InChI is InChI=1S/C20H24ClN3O/c21-16-8-6-15(7-9-16)20-17-13-24(11-10-18(17)22-23-20)19(25)12-14-4-2-1-3-5-14/h6-9,14H,1-5,10-13H2,(H,22,23). The number of fused-ring (bicyclic) bond motifs is 1. The molecule has 2 aromatic rings. The Morgan fingerprint density at radius 1 is 1.20 bits per heavy atom. The Morgan fingerprint density at radius 2 is 1.96 bits per heavy atom. The van der Waals surface area contributed by atoms with E-state index < -0.39 is 0 Å². The minimum Gasteiger partial charge on any atom is -0.338 e. The van der Waals surface area contributed by atoms with Crippen LogP contribution in [0, 0.1) is 5.92 Å². The van der Waals surface area contributed by atoms with Crippen LogP contribution in [0.1, 0.15) is 49.8 Å². The lowest BCUT2D eigenvalue weighted by Crippen LogP contribution is -2.37. The molecule has 0 saturated heterocycles. The molecule has 1 fully saturated rings. The van der Waals surface area contributed by atoms with Gasteiger partial charge in [-0.3, -0.25) is 9.89 Å². The number of aromatic nitrogens is 2. The maximum Gasteiger partial charge on any atom is 0.223 e. The van der Waals surface area contributed by atoms with Gasteiger partial charge < -0.3 is 4.90 Å². The van der Waals surface area contributed by atoms with E-state index in [4.69, 9.17) is 11.6 Å². The molecular formula is C20H24ClN3O. The zero-order valence-corrected chi connectivity index (χ0v) is 15.2. The van der Waals surface area contributed by atoms with E-state index in [-0.39, 0.29) is 0 Å². The molecule has 5 heteroatoms. The molecule has 0 atom stereocenters. The Balaban J connectivity index is 1.49. The molecule has 1 aromatic heterocycles. The van der Waals surface area contributed by atoms with Gasteiger partial charge in [0.1, 0.15) is 0 Å². The van der Waals surface area contributed by atoms with Crippen molar-refractivity contribution < 1.29 is 4.79 Å². The fourth-order valence-electron chi connectivity index (χ4n) is 4.12. The summed E-state index contributed by atoms with van der Waals surface area (Å²) in [5.41, 5.74) is 4.31. The molecule has 0 radical (unpaired) electrons. The molecule has 132 valence electrons. The second-order valence-corrected chi connectivity index (χ2v) is 7.75. The topological polar surface area (TPSA) is 49.0 Å². The number of nitrogens with zero attached hydrogens (tertiary/aromatic N) is 2. The van der Waals surface area contributed by atoms with Gasteiger partial charge in [0, 0.05) is 47.8 Å².